The van der Waals surface area contributed by atoms with Crippen LogP contribution >= 0.6 is 0 Å². The maximum atomic E-state index is 11.7. The summed E-state index contributed by atoms with van der Waals surface area (Å²) in [6.45, 7) is 8.07. The van der Waals surface area contributed by atoms with E-state index in [1.54, 1.807) is 6.92 Å². The molecule has 0 N–H and O–H groups in total. The maximum absolute atomic E-state index is 11.7. The van der Waals surface area contributed by atoms with Gasteiger partial charge in [0, 0.05) is 44.6 Å². The van der Waals surface area contributed by atoms with Crippen molar-refractivity contribution in [2.75, 3.05) is 44.5 Å². The second-order valence-electron chi connectivity index (χ2n) is 6.80. The van der Waals surface area contributed by atoms with Crippen molar-refractivity contribution in [2.24, 2.45) is 0 Å². The van der Waals surface area contributed by atoms with Gasteiger partial charge in [0.1, 0.15) is 0 Å². The third kappa shape index (κ3) is 3.73. The minimum absolute atomic E-state index is 0.281. The molecule has 1 atom stereocenters. The van der Waals surface area contributed by atoms with Crippen molar-refractivity contribution in [3.8, 4) is 11.5 Å². The van der Waals surface area contributed by atoms with Crippen molar-refractivity contribution in [1.29, 1.82) is 0 Å². The predicted octanol–water partition coefficient (Wildman–Crippen LogP) is 2.27. The zero-order chi connectivity index (χ0) is 19.5. The summed E-state index contributed by atoms with van der Waals surface area (Å²) in [5.41, 5.74) is 1.59. The number of fused-ring (bicyclic) bond motifs is 1. The average molecular weight is 384 g/mol. The van der Waals surface area contributed by atoms with Crippen LogP contribution < -0.4 is 14.4 Å². The van der Waals surface area contributed by atoms with Gasteiger partial charge in [-0.25, -0.2) is 14.8 Å². The summed E-state index contributed by atoms with van der Waals surface area (Å²) in [5, 5.41) is 0. The lowest BCUT2D eigenvalue weighted by atomic mass is 10.1. The molecule has 28 heavy (non-hydrogen) atoms. The number of benzene rings is 1. The lowest BCUT2D eigenvalue weighted by molar-refractivity contribution is 0.0525. The minimum Gasteiger partial charge on any atom is -0.462 e. The first kappa shape index (κ1) is 18.5. The smallest absolute Gasteiger partial charge is 0.341 e. The summed E-state index contributed by atoms with van der Waals surface area (Å²) >= 11 is 0. The van der Waals surface area contributed by atoms with Crippen molar-refractivity contribution in [3.05, 3.63) is 41.7 Å². The Labute approximate surface area is 164 Å². The normalized spacial score (nSPS) is 17.4. The number of rotatable bonds is 5. The molecular formula is C20H24N4O4. The van der Waals surface area contributed by atoms with Crippen LogP contribution in [0.3, 0.4) is 0 Å². The Kier molecular flexibility index (Phi) is 5.29. The van der Waals surface area contributed by atoms with E-state index < -0.39 is 5.97 Å². The summed E-state index contributed by atoms with van der Waals surface area (Å²) in [4.78, 5) is 25.0. The summed E-state index contributed by atoms with van der Waals surface area (Å²) in [6, 6.07) is 6.42. The second kappa shape index (κ2) is 8.02. The van der Waals surface area contributed by atoms with Crippen LogP contribution in [0, 0.1) is 0 Å². The molecule has 0 spiro atoms. The van der Waals surface area contributed by atoms with Crippen LogP contribution in [0.4, 0.5) is 5.95 Å². The highest BCUT2D eigenvalue weighted by atomic mass is 16.7. The van der Waals surface area contributed by atoms with Crippen molar-refractivity contribution in [1.82, 2.24) is 14.9 Å². The van der Waals surface area contributed by atoms with Crippen LogP contribution in [-0.2, 0) is 4.74 Å². The molecule has 8 heteroatoms. The second-order valence-corrected chi connectivity index (χ2v) is 6.80. The van der Waals surface area contributed by atoms with Gasteiger partial charge in [0.25, 0.3) is 0 Å². The summed E-state index contributed by atoms with van der Waals surface area (Å²) in [7, 11) is 0. The quantitative estimate of drug-likeness (QED) is 0.727. The first-order chi connectivity index (χ1) is 13.7. The van der Waals surface area contributed by atoms with E-state index in [4.69, 9.17) is 14.2 Å². The zero-order valence-electron chi connectivity index (χ0n) is 16.1. The Balaban J connectivity index is 1.36. The van der Waals surface area contributed by atoms with E-state index in [1.807, 2.05) is 6.07 Å². The number of hydrogen-bond acceptors (Lipinski definition) is 8. The predicted molar refractivity (Wildman–Crippen MR) is 103 cm³/mol. The molecule has 8 nitrogen and oxygen atoms in total. The monoisotopic (exact) mass is 384 g/mol. The first-order valence-corrected chi connectivity index (χ1v) is 9.53. The number of hydrogen-bond donors (Lipinski definition) is 0. The van der Waals surface area contributed by atoms with E-state index in [9.17, 15) is 4.79 Å². The van der Waals surface area contributed by atoms with E-state index in [0.717, 1.165) is 37.7 Å². The number of piperazine rings is 1. The lowest BCUT2D eigenvalue weighted by Gasteiger charge is -2.38. The molecular weight excluding hydrogens is 360 g/mol. The summed E-state index contributed by atoms with van der Waals surface area (Å²) < 4.78 is 15.9. The highest BCUT2D eigenvalue weighted by Gasteiger charge is 2.25. The van der Waals surface area contributed by atoms with Crippen LogP contribution in [0.15, 0.2) is 30.6 Å². The van der Waals surface area contributed by atoms with E-state index in [0.29, 0.717) is 24.9 Å². The van der Waals surface area contributed by atoms with Gasteiger partial charge in [-0.2, -0.15) is 0 Å². The molecule has 0 bridgehead atoms. The van der Waals surface area contributed by atoms with Crippen LogP contribution in [-0.4, -0.2) is 60.4 Å². The first-order valence-electron chi connectivity index (χ1n) is 9.53. The number of nitrogens with zero attached hydrogens (tertiary/aromatic N) is 4. The van der Waals surface area contributed by atoms with E-state index >= 15 is 0 Å². The van der Waals surface area contributed by atoms with Crippen molar-refractivity contribution >= 4 is 11.9 Å². The third-order valence-electron chi connectivity index (χ3n) is 5.17. The standard InChI is InChI=1S/C20H24N4O4/c1-3-26-19(25)16-11-21-20(22-12-16)24-8-6-23(7-9-24)14(2)15-4-5-17-18(10-15)28-13-27-17/h4-5,10-12,14H,3,6-9,13H2,1-2H3/t14-/m0/s1. The van der Waals surface area contributed by atoms with Gasteiger partial charge >= 0.3 is 5.97 Å². The van der Waals surface area contributed by atoms with E-state index in [2.05, 4.69) is 38.8 Å². The largest absolute Gasteiger partial charge is 0.462 e. The molecule has 0 aliphatic carbocycles. The molecule has 3 heterocycles. The Morgan fingerprint density at radius 3 is 2.57 bits per heavy atom. The number of anilines is 1. The van der Waals surface area contributed by atoms with Gasteiger partial charge in [0.2, 0.25) is 12.7 Å². The van der Waals surface area contributed by atoms with Gasteiger partial charge in [0.15, 0.2) is 11.5 Å². The highest BCUT2D eigenvalue weighted by molar-refractivity contribution is 5.88. The number of carbonyl (C=O) groups is 1. The van der Waals surface area contributed by atoms with Gasteiger partial charge < -0.3 is 19.1 Å². The molecule has 0 unspecified atom stereocenters. The molecule has 1 aromatic carbocycles. The van der Waals surface area contributed by atoms with Crippen LogP contribution in [0.1, 0.15) is 35.8 Å². The van der Waals surface area contributed by atoms with Crippen LogP contribution in [0.5, 0.6) is 11.5 Å². The minimum atomic E-state index is -0.392. The number of ether oxygens (including phenoxy) is 3. The van der Waals surface area contributed by atoms with Gasteiger partial charge in [-0.05, 0) is 31.5 Å². The lowest BCUT2D eigenvalue weighted by Crippen LogP contribution is -2.47. The fourth-order valence-corrected chi connectivity index (χ4v) is 3.50. The fraction of sp³-hybridized carbons (Fsp3) is 0.450. The zero-order valence-corrected chi connectivity index (χ0v) is 16.1. The van der Waals surface area contributed by atoms with Crippen molar-refractivity contribution in [2.45, 2.75) is 19.9 Å². The molecule has 1 saturated heterocycles. The number of aromatic nitrogens is 2. The Morgan fingerprint density at radius 2 is 1.86 bits per heavy atom. The SMILES string of the molecule is CCOC(=O)c1cnc(N2CCN([C@@H](C)c3ccc4c(c3)OCO4)CC2)nc1. The van der Waals surface area contributed by atoms with Crippen LogP contribution in [0.2, 0.25) is 0 Å². The molecule has 1 aromatic heterocycles. The molecule has 148 valence electrons. The third-order valence-corrected chi connectivity index (χ3v) is 5.17. The van der Waals surface area contributed by atoms with Gasteiger partial charge in [-0.15, -0.1) is 0 Å². The van der Waals surface area contributed by atoms with Gasteiger partial charge in [-0.3, -0.25) is 4.90 Å². The highest BCUT2D eigenvalue weighted by Crippen LogP contribution is 2.35. The molecule has 0 radical (unpaired) electrons. The van der Waals surface area contributed by atoms with Gasteiger partial charge in [0.05, 0.1) is 12.2 Å². The van der Waals surface area contributed by atoms with Crippen LogP contribution in [0.25, 0.3) is 0 Å². The number of carbonyl (C=O) groups excluding carboxylic acids is 1. The molecule has 0 saturated carbocycles. The van der Waals surface area contributed by atoms with Crippen molar-refractivity contribution in [3.63, 3.8) is 0 Å². The average Bonchev–Trinajstić information content (AvgIpc) is 3.21. The Hall–Kier alpha value is -2.87. The summed E-state index contributed by atoms with van der Waals surface area (Å²) in [5.74, 6) is 1.88. The molecule has 2 aliphatic rings. The van der Waals surface area contributed by atoms with E-state index in [1.165, 1.54) is 18.0 Å². The Morgan fingerprint density at radius 1 is 1.14 bits per heavy atom. The molecule has 0 amide bonds. The molecule has 4 rings (SSSR count). The fourth-order valence-electron chi connectivity index (χ4n) is 3.50. The van der Waals surface area contributed by atoms with Crippen molar-refractivity contribution < 1.29 is 19.0 Å². The molecule has 2 aromatic rings. The molecule has 1 fully saturated rings. The topological polar surface area (TPSA) is 77.0 Å². The maximum Gasteiger partial charge on any atom is 0.341 e. The Bertz CT molecular complexity index is 835. The van der Waals surface area contributed by atoms with E-state index in [-0.39, 0.29) is 6.04 Å². The van der Waals surface area contributed by atoms with Gasteiger partial charge in [-0.1, -0.05) is 6.07 Å². The summed E-state index contributed by atoms with van der Waals surface area (Å²) in [6.07, 6.45) is 3.06. The molecule has 2 aliphatic heterocycles. The number of esters is 1.